The molecule has 5 rings (SSSR count). The van der Waals surface area contributed by atoms with Gasteiger partial charge < -0.3 is 24.8 Å². The van der Waals surface area contributed by atoms with Gasteiger partial charge in [-0.2, -0.15) is 13.2 Å². The molecule has 2 aliphatic heterocycles. The summed E-state index contributed by atoms with van der Waals surface area (Å²) >= 11 is 18.1. The van der Waals surface area contributed by atoms with E-state index in [-0.39, 0.29) is 34.2 Å². The average Bonchev–Trinajstić information content (AvgIpc) is 3.42. The second kappa shape index (κ2) is 9.27. The average molecular weight is 568 g/mol. The molecule has 0 spiro atoms. The number of thiocarbonyl (C=S) groups is 1. The van der Waals surface area contributed by atoms with Crippen LogP contribution in [-0.4, -0.2) is 22.8 Å². The van der Waals surface area contributed by atoms with Crippen molar-refractivity contribution < 1.29 is 27.8 Å². The Balaban J connectivity index is 1.59. The maximum absolute atomic E-state index is 13.0. The number of aromatic hydroxyl groups is 1. The third-order valence-electron chi connectivity index (χ3n) is 6.23. The molecule has 0 aromatic heterocycles. The molecule has 0 amide bonds. The molecule has 1 saturated heterocycles. The SMILES string of the molecule is CC1(c2ccc3c(c2)OCO3)C(=NCc2ccc(C(F)(F)F)cc2)NC(=S)N1c1cc(Cl)c(O)c(Cl)c1. The molecule has 2 N–H and O–H groups in total. The third-order valence-corrected chi connectivity index (χ3v) is 7.09. The van der Waals surface area contributed by atoms with Crippen LogP contribution in [0, 0.1) is 0 Å². The molecule has 1 fully saturated rings. The van der Waals surface area contributed by atoms with E-state index in [4.69, 9.17) is 49.9 Å². The van der Waals surface area contributed by atoms with Crippen LogP contribution in [0.3, 0.4) is 0 Å². The molecule has 0 bridgehead atoms. The van der Waals surface area contributed by atoms with Gasteiger partial charge in [0.2, 0.25) is 6.79 Å². The summed E-state index contributed by atoms with van der Waals surface area (Å²) in [5.41, 5.74) is 0.0332. The molecular formula is C25H18Cl2F3N3O3S. The van der Waals surface area contributed by atoms with E-state index in [1.807, 2.05) is 19.1 Å². The highest BCUT2D eigenvalue weighted by atomic mass is 35.5. The second-order valence-corrected chi connectivity index (χ2v) is 9.72. The Morgan fingerprint density at radius 3 is 2.35 bits per heavy atom. The van der Waals surface area contributed by atoms with E-state index in [0.29, 0.717) is 28.6 Å². The maximum Gasteiger partial charge on any atom is 0.416 e. The van der Waals surface area contributed by atoms with Gasteiger partial charge in [0, 0.05) is 5.69 Å². The lowest BCUT2D eigenvalue weighted by atomic mass is 9.89. The summed E-state index contributed by atoms with van der Waals surface area (Å²) in [6, 6.07) is 13.3. The van der Waals surface area contributed by atoms with Gasteiger partial charge in [-0.1, -0.05) is 41.4 Å². The summed E-state index contributed by atoms with van der Waals surface area (Å²) in [6.45, 7) is 2.05. The number of hydrogen-bond acceptors (Lipinski definition) is 5. The van der Waals surface area contributed by atoms with Gasteiger partial charge >= 0.3 is 6.18 Å². The van der Waals surface area contributed by atoms with Crippen molar-refractivity contribution in [1.82, 2.24) is 5.32 Å². The summed E-state index contributed by atoms with van der Waals surface area (Å²) in [6.07, 6.45) is -4.42. The number of phenols is 1. The minimum absolute atomic E-state index is 0.0356. The smallest absolute Gasteiger partial charge is 0.416 e. The van der Waals surface area contributed by atoms with Crippen LogP contribution >= 0.6 is 35.4 Å². The summed E-state index contributed by atoms with van der Waals surface area (Å²) in [5.74, 6) is 1.31. The van der Waals surface area contributed by atoms with Gasteiger partial charge in [0.05, 0.1) is 22.2 Å². The lowest BCUT2D eigenvalue weighted by molar-refractivity contribution is -0.137. The molecule has 37 heavy (non-hydrogen) atoms. The molecule has 3 aromatic rings. The van der Waals surface area contributed by atoms with Crippen molar-refractivity contribution in [2.24, 2.45) is 4.99 Å². The van der Waals surface area contributed by atoms with Crippen molar-refractivity contribution in [1.29, 1.82) is 0 Å². The molecule has 2 heterocycles. The van der Waals surface area contributed by atoms with E-state index in [0.717, 1.165) is 17.7 Å². The zero-order chi connectivity index (χ0) is 26.5. The largest absolute Gasteiger partial charge is 0.505 e. The number of nitrogens with one attached hydrogen (secondary N) is 1. The van der Waals surface area contributed by atoms with E-state index in [2.05, 4.69) is 5.32 Å². The molecular weight excluding hydrogens is 550 g/mol. The Morgan fingerprint density at radius 2 is 1.70 bits per heavy atom. The predicted octanol–water partition coefficient (Wildman–Crippen LogP) is 6.66. The predicted molar refractivity (Wildman–Crippen MR) is 139 cm³/mol. The molecule has 192 valence electrons. The number of halogens is 5. The third kappa shape index (κ3) is 4.54. The number of alkyl halides is 3. The van der Waals surface area contributed by atoms with Crippen LogP contribution in [0.15, 0.2) is 59.6 Å². The first-order chi connectivity index (χ1) is 17.5. The molecule has 2 aliphatic rings. The highest BCUT2D eigenvalue weighted by Gasteiger charge is 2.48. The van der Waals surface area contributed by atoms with Crippen molar-refractivity contribution >= 4 is 52.1 Å². The second-order valence-electron chi connectivity index (χ2n) is 8.52. The van der Waals surface area contributed by atoms with Gasteiger partial charge in [-0.3, -0.25) is 4.99 Å². The van der Waals surface area contributed by atoms with E-state index < -0.39 is 17.3 Å². The fourth-order valence-electron chi connectivity index (χ4n) is 4.27. The summed E-state index contributed by atoms with van der Waals surface area (Å²) in [7, 11) is 0. The highest BCUT2D eigenvalue weighted by Crippen LogP contribution is 2.45. The highest BCUT2D eigenvalue weighted by molar-refractivity contribution is 7.80. The van der Waals surface area contributed by atoms with Gasteiger partial charge in [-0.25, -0.2) is 0 Å². The monoisotopic (exact) mass is 567 g/mol. The number of amidine groups is 1. The van der Waals surface area contributed by atoms with Gasteiger partial charge in [-0.05, 0) is 66.7 Å². The summed E-state index contributed by atoms with van der Waals surface area (Å²) in [4.78, 5) is 6.46. The van der Waals surface area contributed by atoms with Crippen molar-refractivity contribution in [2.45, 2.75) is 25.2 Å². The van der Waals surface area contributed by atoms with Crippen LogP contribution in [0.25, 0.3) is 0 Å². The number of ether oxygens (including phenoxy) is 2. The first-order valence-corrected chi connectivity index (χ1v) is 12.1. The van der Waals surface area contributed by atoms with Crippen LogP contribution in [0.5, 0.6) is 17.2 Å². The zero-order valence-electron chi connectivity index (χ0n) is 19.1. The van der Waals surface area contributed by atoms with Crippen LogP contribution in [0.1, 0.15) is 23.6 Å². The first kappa shape index (κ1) is 25.4. The molecule has 1 unspecified atom stereocenters. The number of phenolic OH excluding ortho intramolecular Hbond substituents is 1. The lowest BCUT2D eigenvalue weighted by Gasteiger charge is -2.35. The van der Waals surface area contributed by atoms with Crippen molar-refractivity contribution in [3.05, 3.63) is 81.3 Å². The molecule has 0 aliphatic carbocycles. The Morgan fingerprint density at radius 1 is 1.05 bits per heavy atom. The number of rotatable bonds is 4. The normalized spacial score (nSPS) is 20.0. The Hall–Kier alpha value is -3.21. The van der Waals surface area contributed by atoms with E-state index in [9.17, 15) is 18.3 Å². The Bertz CT molecular complexity index is 1410. The van der Waals surface area contributed by atoms with Gasteiger partial charge in [0.1, 0.15) is 11.4 Å². The number of fused-ring (bicyclic) bond motifs is 1. The van der Waals surface area contributed by atoms with E-state index in [1.54, 1.807) is 11.0 Å². The van der Waals surface area contributed by atoms with Gasteiger partial charge in [0.15, 0.2) is 22.4 Å². The fraction of sp³-hybridized carbons (Fsp3) is 0.200. The minimum atomic E-state index is -4.42. The Kier molecular flexibility index (Phi) is 6.37. The quantitative estimate of drug-likeness (QED) is 0.344. The van der Waals surface area contributed by atoms with Crippen LogP contribution in [-0.2, 0) is 18.3 Å². The molecule has 0 saturated carbocycles. The minimum Gasteiger partial charge on any atom is -0.505 e. The zero-order valence-corrected chi connectivity index (χ0v) is 21.4. The molecule has 1 atom stereocenters. The number of benzene rings is 3. The maximum atomic E-state index is 13.0. The van der Waals surface area contributed by atoms with E-state index >= 15 is 0 Å². The lowest BCUT2D eigenvalue weighted by Crippen LogP contribution is -2.44. The fourth-order valence-corrected chi connectivity index (χ4v) is 5.13. The molecule has 6 nitrogen and oxygen atoms in total. The Labute approximate surface area is 225 Å². The first-order valence-electron chi connectivity index (χ1n) is 10.9. The van der Waals surface area contributed by atoms with Gasteiger partial charge in [0.25, 0.3) is 0 Å². The number of hydrogen-bond donors (Lipinski definition) is 2. The number of anilines is 1. The van der Waals surface area contributed by atoms with E-state index in [1.165, 1.54) is 24.3 Å². The standard InChI is InChI=1S/C25H18Cl2F3N3O3S/c1-24(15-6-7-19-20(8-15)36-12-35-19)22(31-11-13-2-4-14(5-3-13)25(28,29)30)32-23(37)33(24)16-9-17(26)21(34)18(27)10-16/h2-10,34H,11-12H2,1H3,(H,31,32,37). The summed E-state index contributed by atoms with van der Waals surface area (Å²) < 4.78 is 49.9. The summed E-state index contributed by atoms with van der Waals surface area (Å²) in [5, 5.41) is 13.5. The number of aliphatic imine (C=N–C) groups is 1. The topological polar surface area (TPSA) is 66.3 Å². The molecule has 0 radical (unpaired) electrons. The van der Waals surface area contributed by atoms with Crippen molar-refractivity contribution in [3.63, 3.8) is 0 Å². The number of nitrogens with zero attached hydrogens (tertiary/aromatic N) is 2. The van der Waals surface area contributed by atoms with Crippen molar-refractivity contribution in [2.75, 3.05) is 11.7 Å². The molecule has 12 heteroatoms. The van der Waals surface area contributed by atoms with Crippen LogP contribution in [0.4, 0.5) is 18.9 Å². The van der Waals surface area contributed by atoms with Crippen LogP contribution in [0.2, 0.25) is 10.0 Å². The van der Waals surface area contributed by atoms with Gasteiger partial charge in [-0.15, -0.1) is 0 Å². The van der Waals surface area contributed by atoms with Crippen LogP contribution < -0.4 is 19.7 Å². The molecule has 3 aromatic carbocycles. The van der Waals surface area contributed by atoms with Crippen molar-refractivity contribution in [3.8, 4) is 17.2 Å².